The van der Waals surface area contributed by atoms with Crippen LogP contribution in [0.5, 0.6) is 0 Å². The van der Waals surface area contributed by atoms with Gasteiger partial charge >= 0.3 is 0 Å². The molecule has 1 aromatic carbocycles. The third-order valence-electron chi connectivity index (χ3n) is 3.21. The highest BCUT2D eigenvalue weighted by Gasteiger charge is 2.17. The summed E-state index contributed by atoms with van der Waals surface area (Å²) in [6.45, 7) is 1.75. The summed E-state index contributed by atoms with van der Waals surface area (Å²) in [5.41, 5.74) is 0.704. The first-order valence-electron chi connectivity index (χ1n) is 6.69. The Morgan fingerprint density at radius 2 is 1.85 bits per heavy atom. The van der Waals surface area contributed by atoms with Crippen molar-refractivity contribution in [3.05, 3.63) is 29.3 Å². The predicted molar refractivity (Wildman–Crippen MR) is 78.8 cm³/mol. The summed E-state index contributed by atoms with van der Waals surface area (Å²) >= 11 is 5.97. The van der Waals surface area contributed by atoms with E-state index in [1.54, 1.807) is 17.0 Å². The lowest BCUT2D eigenvalue weighted by atomic mass is 10.3. The highest BCUT2D eigenvalue weighted by Crippen LogP contribution is 2.19. The Labute approximate surface area is 123 Å². The van der Waals surface area contributed by atoms with Gasteiger partial charge in [0.05, 0.1) is 23.8 Å². The Morgan fingerprint density at radius 3 is 2.55 bits per heavy atom. The van der Waals surface area contributed by atoms with Crippen molar-refractivity contribution in [2.75, 3.05) is 31.5 Å². The second kappa shape index (κ2) is 7.14. The van der Waals surface area contributed by atoms with Crippen molar-refractivity contribution in [2.24, 2.45) is 0 Å². The number of anilines is 1. The van der Waals surface area contributed by atoms with E-state index in [1.165, 1.54) is 0 Å². The maximum Gasteiger partial charge on any atom is 0.241 e. The third-order valence-corrected chi connectivity index (χ3v) is 3.54. The number of para-hydroxylation sites is 1. The van der Waals surface area contributed by atoms with Gasteiger partial charge in [-0.25, -0.2) is 0 Å². The molecule has 108 valence electrons. The Kier molecular flexibility index (Phi) is 5.24. The van der Waals surface area contributed by atoms with Crippen LogP contribution in [-0.2, 0) is 9.59 Å². The van der Waals surface area contributed by atoms with Crippen LogP contribution in [0.15, 0.2) is 24.3 Å². The molecule has 0 aromatic heterocycles. The van der Waals surface area contributed by atoms with Gasteiger partial charge in [0.2, 0.25) is 11.8 Å². The normalized spacial score (nSPS) is 14.2. The Bertz CT molecular complexity index is 487. The van der Waals surface area contributed by atoms with E-state index in [9.17, 15) is 9.59 Å². The van der Waals surface area contributed by atoms with Gasteiger partial charge in [0.15, 0.2) is 0 Å². The van der Waals surface area contributed by atoms with Crippen LogP contribution < -0.4 is 10.6 Å². The molecule has 0 spiro atoms. The molecule has 0 aliphatic carbocycles. The van der Waals surface area contributed by atoms with Gasteiger partial charge in [-0.1, -0.05) is 23.7 Å². The molecule has 0 bridgehead atoms. The van der Waals surface area contributed by atoms with E-state index >= 15 is 0 Å². The number of hydrogen-bond acceptors (Lipinski definition) is 3. The van der Waals surface area contributed by atoms with E-state index in [4.69, 9.17) is 11.6 Å². The van der Waals surface area contributed by atoms with Crippen LogP contribution in [0.25, 0.3) is 0 Å². The molecule has 1 fully saturated rings. The summed E-state index contributed by atoms with van der Waals surface area (Å²) in [5.74, 6) is -0.244. The molecule has 6 heteroatoms. The minimum absolute atomic E-state index is 0.0198. The first kappa shape index (κ1) is 14.7. The van der Waals surface area contributed by atoms with E-state index in [2.05, 4.69) is 10.6 Å². The highest BCUT2D eigenvalue weighted by atomic mass is 35.5. The standard InChI is InChI=1S/C14H18ClN3O2/c15-11-5-1-2-6-12(11)16-9-13(19)17-10-14(20)18-7-3-4-8-18/h1-2,5-6,16H,3-4,7-10H2,(H,17,19). The van der Waals surface area contributed by atoms with Gasteiger partial charge in [0.25, 0.3) is 0 Å². The smallest absolute Gasteiger partial charge is 0.241 e. The van der Waals surface area contributed by atoms with Crippen molar-refractivity contribution in [1.82, 2.24) is 10.2 Å². The summed E-state index contributed by atoms with van der Waals surface area (Å²) in [6, 6.07) is 7.20. The van der Waals surface area contributed by atoms with E-state index in [0.29, 0.717) is 10.7 Å². The van der Waals surface area contributed by atoms with Crippen LogP contribution in [0.4, 0.5) is 5.69 Å². The van der Waals surface area contributed by atoms with Crippen molar-refractivity contribution in [3.8, 4) is 0 Å². The topological polar surface area (TPSA) is 61.4 Å². The van der Waals surface area contributed by atoms with Crippen LogP contribution in [-0.4, -0.2) is 42.9 Å². The SMILES string of the molecule is O=C(CNc1ccccc1Cl)NCC(=O)N1CCCC1. The van der Waals surface area contributed by atoms with Crippen molar-refractivity contribution in [2.45, 2.75) is 12.8 Å². The molecular formula is C14H18ClN3O2. The van der Waals surface area contributed by atoms with Gasteiger partial charge in [-0.2, -0.15) is 0 Å². The number of halogens is 1. The molecule has 1 aliphatic heterocycles. The van der Waals surface area contributed by atoms with Crippen LogP contribution in [0, 0.1) is 0 Å². The molecule has 0 saturated carbocycles. The number of amides is 2. The van der Waals surface area contributed by atoms with E-state index in [0.717, 1.165) is 25.9 Å². The molecule has 20 heavy (non-hydrogen) atoms. The van der Waals surface area contributed by atoms with Gasteiger partial charge in [-0.05, 0) is 25.0 Å². The quantitative estimate of drug-likeness (QED) is 0.865. The van der Waals surface area contributed by atoms with Crippen LogP contribution in [0.1, 0.15) is 12.8 Å². The number of likely N-dealkylation sites (tertiary alicyclic amines) is 1. The molecule has 1 aliphatic rings. The second-order valence-electron chi connectivity index (χ2n) is 4.70. The van der Waals surface area contributed by atoms with Gasteiger partial charge in [-0.3, -0.25) is 9.59 Å². The summed E-state index contributed by atoms with van der Waals surface area (Å²) in [7, 11) is 0. The molecule has 2 N–H and O–H groups in total. The summed E-state index contributed by atoms with van der Waals surface area (Å²) < 4.78 is 0. The van der Waals surface area contributed by atoms with Crippen molar-refractivity contribution < 1.29 is 9.59 Å². The fourth-order valence-corrected chi connectivity index (χ4v) is 2.30. The number of rotatable bonds is 5. The van der Waals surface area contributed by atoms with Crippen LogP contribution >= 0.6 is 11.6 Å². The summed E-state index contributed by atoms with van der Waals surface area (Å²) in [4.78, 5) is 25.2. The molecule has 0 atom stereocenters. The zero-order valence-corrected chi connectivity index (χ0v) is 11.9. The lowest BCUT2D eigenvalue weighted by molar-refractivity contribution is -0.131. The second-order valence-corrected chi connectivity index (χ2v) is 5.11. The van der Waals surface area contributed by atoms with Crippen molar-refractivity contribution in [1.29, 1.82) is 0 Å². The maximum atomic E-state index is 11.7. The number of nitrogens with zero attached hydrogens (tertiary/aromatic N) is 1. The minimum atomic E-state index is -0.225. The fourth-order valence-electron chi connectivity index (χ4n) is 2.10. The van der Waals surface area contributed by atoms with Gasteiger partial charge in [-0.15, -0.1) is 0 Å². The van der Waals surface area contributed by atoms with E-state index in [-0.39, 0.29) is 24.9 Å². The number of carbonyl (C=O) groups is 2. The highest BCUT2D eigenvalue weighted by molar-refractivity contribution is 6.33. The Hall–Kier alpha value is -1.75. The first-order chi connectivity index (χ1) is 9.66. The molecule has 1 heterocycles. The zero-order valence-electron chi connectivity index (χ0n) is 11.2. The minimum Gasteiger partial charge on any atom is -0.375 e. The third kappa shape index (κ3) is 4.13. The molecular weight excluding hydrogens is 278 g/mol. The Morgan fingerprint density at radius 1 is 1.15 bits per heavy atom. The molecule has 0 radical (unpaired) electrons. The largest absolute Gasteiger partial charge is 0.375 e. The monoisotopic (exact) mass is 295 g/mol. The summed E-state index contributed by atoms with van der Waals surface area (Å²) in [5, 5.41) is 6.11. The Balaban J connectivity index is 1.70. The molecule has 1 saturated heterocycles. The molecule has 5 nitrogen and oxygen atoms in total. The molecule has 1 aromatic rings. The number of nitrogens with one attached hydrogen (secondary N) is 2. The fraction of sp³-hybridized carbons (Fsp3) is 0.429. The zero-order chi connectivity index (χ0) is 14.4. The number of hydrogen-bond donors (Lipinski definition) is 2. The average molecular weight is 296 g/mol. The van der Waals surface area contributed by atoms with E-state index in [1.807, 2.05) is 12.1 Å². The molecule has 2 amide bonds. The molecule has 0 unspecified atom stereocenters. The lowest BCUT2D eigenvalue weighted by Crippen LogP contribution is -2.40. The number of benzene rings is 1. The van der Waals surface area contributed by atoms with E-state index < -0.39 is 0 Å². The van der Waals surface area contributed by atoms with Crippen molar-refractivity contribution >= 4 is 29.1 Å². The lowest BCUT2D eigenvalue weighted by Gasteiger charge is -2.15. The van der Waals surface area contributed by atoms with Gasteiger partial charge < -0.3 is 15.5 Å². The molecule has 2 rings (SSSR count). The van der Waals surface area contributed by atoms with Gasteiger partial charge in [0, 0.05) is 13.1 Å². The van der Waals surface area contributed by atoms with Crippen molar-refractivity contribution in [3.63, 3.8) is 0 Å². The first-order valence-corrected chi connectivity index (χ1v) is 7.07. The van der Waals surface area contributed by atoms with Crippen LogP contribution in [0.3, 0.4) is 0 Å². The van der Waals surface area contributed by atoms with Gasteiger partial charge in [0.1, 0.15) is 0 Å². The predicted octanol–water partition coefficient (Wildman–Crippen LogP) is 1.49. The maximum absolute atomic E-state index is 11.7. The van der Waals surface area contributed by atoms with Crippen LogP contribution in [0.2, 0.25) is 5.02 Å². The summed E-state index contributed by atoms with van der Waals surface area (Å²) in [6.07, 6.45) is 2.10. The average Bonchev–Trinajstić information content (AvgIpc) is 2.98. The number of carbonyl (C=O) groups excluding carboxylic acids is 2.